The summed E-state index contributed by atoms with van der Waals surface area (Å²) in [5.41, 5.74) is 0.243. The third-order valence-corrected chi connectivity index (χ3v) is 1.89. The Morgan fingerprint density at radius 3 is 2.67 bits per heavy atom. The SMILES string of the molecule is O=C1Oc2c(Cl)cccc2C1=O. The smallest absolute Gasteiger partial charge is 0.385 e. The first kappa shape index (κ1) is 7.31. The van der Waals surface area contributed by atoms with E-state index < -0.39 is 11.8 Å². The van der Waals surface area contributed by atoms with Gasteiger partial charge in [0.25, 0.3) is 5.78 Å². The van der Waals surface area contributed by atoms with Crippen molar-refractivity contribution < 1.29 is 14.3 Å². The van der Waals surface area contributed by atoms with Gasteiger partial charge in [0, 0.05) is 0 Å². The molecule has 4 heteroatoms. The van der Waals surface area contributed by atoms with Gasteiger partial charge >= 0.3 is 5.97 Å². The Morgan fingerprint density at radius 2 is 2.00 bits per heavy atom. The van der Waals surface area contributed by atoms with Crippen LogP contribution in [0.25, 0.3) is 0 Å². The quantitative estimate of drug-likeness (QED) is 0.347. The molecule has 60 valence electrons. The number of carbonyl (C=O) groups is 2. The summed E-state index contributed by atoms with van der Waals surface area (Å²) in [7, 11) is 0. The summed E-state index contributed by atoms with van der Waals surface area (Å²) in [5, 5.41) is 0.284. The van der Waals surface area contributed by atoms with E-state index in [1.54, 1.807) is 12.1 Å². The minimum Gasteiger partial charge on any atom is -0.418 e. The highest BCUT2D eigenvalue weighted by Gasteiger charge is 2.32. The zero-order valence-electron chi connectivity index (χ0n) is 5.83. The van der Waals surface area contributed by atoms with Gasteiger partial charge in [-0.2, -0.15) is 0 Å². The minimum absolute atomic E-state index is 0.175. The van der Waals surface area contributed by atoms with Gasteiger partial charge in [0.2, 0.25) is 0 Å². The van der Waals surface area contributed by atoms with Crippen molar-refractivity contribution in [3.63, 3.8) is 0 Å². The minimum atomic E-state index is -0.863. The van der Waals surface area contributed by atoms with Crippen molar-refractivity contribution in [2.75, 3.05) is 0 Å². The van der Waals surface area contributed by atoms with E-state index in [1.165, 1.54) is 6.07 Å². The number of rotatable bonds is 0. The van der Waals surface area contributed by atoms with Crippen molar-refractivity contribution in [3.8, 4) is 5.75 Å². The Balaban J connectivity index is 2.68. The van der Waals surface area contributed by atoms with Gasteiger partial charge in [-0.3, -0.25) is 4.79 Å². The molecule has 1 aromatic rings. The molecule has 0 aliphatic carbocycles. The van der Waals surface area contributed by atoms with E-state index in [9.17, 15) is 9.59 Å². The van der Waals surface area contributed by atoms with Crippen LogP contribution in [0.2, 0.25) is 5.02 Å². The molecular weight excluding hydrogens is 180 g/mol. The second-order valence-electron chi connectivity index (χ2n) is 2.34. The van der Waals surface area contributed by atoms with Gasteiger partial charge in [-0.1, -0.05) is 17.7 Å². The molecule has 0 saturated heterocycles. The van der Waals surface area contributed by atoms with E-state index in [2.05, 4.69) is 4.74 Å². The van der Waals surface area contributed by atoms with Gasteiger partial charge in [-0.05, 0) is 12.1 Å². The first-order valence-corrected chi connectivity index (χ1v) is 3.63. The van der Waals surface area contributed by atoms with Crippen LogP contribution >= 0.6 is 11.6 Å². The molecule has 12 heavy (non-hydrogen) atoms. The topological polar surface area (TPSA) is 43.4 Å². The summed E-state index contributed by atoms with van der Waals surface area (Å²) < 4.78 is 4.63. The largest absolute Gasteiger partial charge is 0.418 e. The van der Waals surface area contributed by atoms with Crippen LogP contribution < -0.4 is 4.74 Å². The van der Waals surface area contributed by atoms with E-state index in [4.69, 9.17) is 11.6 Å². The molecule has 0 saturated carbocycles. The average Bonchev–Trinajstić information content (AvgIpc) is 2.32. The molecule has 0 amide bonds. The Bertz CT molecular complexity index is 384. The molecule has 1 aliphatic rings. The molecule has 0 bridgehead atoms. The second-order valence-corrected chi connectivity index (χ2v) is 2.74. The van der Waals surface area contributed by atoms with Crippen LogP contribution in [0.5, 0.6) is 5.75 Å². The molecule has 3 nitrogen and oxygen atoms in total. The van der Waals surface area contributed by atoms with E-state index in [0.717, 1.165) is 0 Å². The first-order chi connectivity index (χ1) is 5.70. The molecule has 0 aromatic heterocycles. The fraction of sp³-hybridized carbons (Fsp3) is 0. The maximum Gasteiger partial charge on any atom is 0.385 e. The lowest BCUT2D eigenvalue weighted by molar-refractivity contribution is -0.128. The van der Waals surface area contributed by atoms with Gasteiger partial charge < -0.3 is 4.74 Å². The number of benzene rings is 1. The van der Waals surface area contributed by atoms with Crippen molar-refractivity contribution >= 4 is 23.4 Å². The Kier molecular flexibility index (Phi) is 1.41. The lowest BCUT2D eigenvalue weighted by Gasteiger charge is -1.95. The zero-order chi connectivity index (χ0) is 8.72. The molecule has 0 atom stereocenters. The molecule has 0 N–H and O–H groups in total. The summed E-state index contributed by atoms with van der Waals surface area (Å²) in [6.07, 6.45) is 0. The Morgan fingerprint density at radius 1 is 1.25 bits per heavy atom. The van der Waals surface area contributed by atoms with Gasteiger partial charge in [-0.25, -0.2) is 4.79 Å². The van der Waals surface area contributed by atoms with Crippen LogP contribution in [0.15, 0.2) is 18.2 Å². The normalized spacial score (nSPS) is 14.4. The standard InChI is InChI=1S/C8H3ClO3/c9-5-3-1-2-4-6(10)8(11)12-7(4)5/h1-3H. The fourth-order valence-electron chi connectivity index (χ4n) is 1.04. The molecule has 0 unspecified atom stereocenters. The summed E-state index contributed by atoms with van der Waals surface area (Å²) in [4.78, 5) is 21.8. The van der Waals surface area contributed by atoms with E-state index in [1.807, 2.05) is 0 Å². The van der Waals surface area contributed by atoms with Crippen LogP contribution in [0.3, 0.4) is 0 Å². The van der Waals surface area contributed by atoms with Crippen molar-refractivity contribution in [1.82, 2.24) is 0 Å². The van der Waals surface area contributed by atoms with Crippen molar-refractivity contribution in [2.45, 2.75) is 0 Å². The highest BCUT2D eigenvalue weighted by molar-refractivity contribution is 6.46. The van der Waals surface area contributed by atoms with Gasteiger partial charge in [0.15, 0.2) is 5.75 Å². The number of para-hydroxylation sites is 1. The predicted octanol–water partition coefficient (Wildman–Crippen LogP) is 1.44. The molecule has 1 aliphatic heterocycles. The number of fused-ring (bicyclic) bond motifs is 1. The van der Waals surface area contributed by atoms with Crippen molar-refractivity contribution in [3.05, 3.63) is 28.8 Å². The summed E-state index contributed by atoms with van der Waals surface area (Å²) >= 11 is 5.67. The van der Waals surface area contributed by atoms with Gasteiger partial charge in [0.1, 0.15) is 0 Å². The third-order valence-electron chi connectivity index (χ3n) is 1.59. The molecule has 1 heterocycles. The van der Waals surface area contributed by atoms with Crippen LogP contribution in [-0.2, 0) is 4.79 Å². The van der Waals surface area contributed by atoms with Crippen LogP contribution in [-0.4, -0.2) is 11.8 Å². The fourth-order valence-corrected chi connectivity index (χ4v) is 1.25. The molecule has 0 spiro atoms. The molecule has 2 rings (SSSR count). The summed E-state index contributed by atoms with van der Waals surface area (Å²) in [6.45, 7) is 0. The number of carbonyl (C=O) groups excluding carboxylic acids is 2. The number of ether oxygens (including phenoxy) is 1. The van der Waals surface area contributed by atoms with E-state index in [0.29, 0.717) is 0 Å². The first-order valence-electron chi connectivity index (χ1n) is 3.25. The molecule has 1 aromatic carbocycles. The summed E-state index contributed by atoms with van der Waals surface area (Å²) in [6, 6.07) is 4.67. The molecule has 0 radical (unpaired) electrons. The van der Waals surface area contributed by atoms with Crippen LogP contribution in [0.1, 0.15) is 10.4 Å². The maximum atomic E-state index is 11.0. The number of Topliss-reactive ketones (excluding diaryl/α,β-unsaturated/α-hetero) is 1. The number of esters is 1. The molecular formula is C8H3ClO3. The number of hydrogen-bond donors (Lipinski definition) is 0. The number of hydrogen-bond acceptors (Lipinski definition) is 3. The van der Waals surface area contributed by atoms with Crippen LogP contribution in [0.4, 0.5) is 0 Å². The predicted molar refractivity (Wildman–Crippen MR) is 41.4 cm³/mol. The second kappa shape index (κ2) is 2.32. The number of halogens is 1. The lowest BCUT2D eigenvalue weighted by atomic mass is 10.1. The highest BCUT2D eigenvalue weighted by atomic mass is 35.5. The van der Waals surface area contributed by atoms with Crippen molar-refractivity contribution in [1.29, 1.82) is 0 Å². The van der Waals surface area contributed by atoms with E-state index in [-0.39, 0.29) is 16.3 Å². The average molecular weight is 183 g/mol. The van der Waals surface area contributed by atoms with Gasteiger partial charge in [-0.15, -0.1) is 0 Å². The Labute approximate surface area is 72.9 Å². The van der Waals surface area contributed by atoms with Crippen molar-refractivity contribution in [2.24, 2.45) is 0 Å². The Hall–Kier alpha value is -1.35. The van der Waals surface area contributed by atoms with Gasteiger partial charge in [0.05, 0.1) is 10.6 Å². The maximum absolute atomic E-state index is 11.0. The zero-order valence-corrected chi connectivity index (χ0v) is 6.59. The highest BCUT2D eigenvalue weighted by Crippen LogP contribution is 2.33. The lowest BCUT2D eigenvalue weighted by Crippen LogP contribution is -2.10. The number of ketones is 1. The van der Waals surface area contributed by atoms with E-state index >= 15 is 0 Å². The third kappa shape index (κ3) is 0.833. The van der Waals surface area contributed by atoms with Crippen LogP contribution in [0, 0.1) is 0 Å². The summed E-state index contributed by atoms with van der Waals surface area (Å²) in [5.74, 6) is -1.32. The molecule has 0 fully saturated rings. The monoisotopic (exact) mass is 182 g/mol.